The van der Waals surface area contributed by atoms with Gasteiger partial charge in [-0.15, -0.1) is 23.7 Å². The van der Waals surface area contributed by atoms with Crippen molar-refractivity contribution in [3.05, 3.63) is 51.7 Å². The second-order valence-electron chi connectivity index (χ2n) is 6.71. The molecule has 0 bridgehead atoms. The van der Waals surface area contributed by atoms with Crippen LogP contribution in [-0.2, 0) is 29.0 Å². The number of anilines is 1. The monoisotopic (exact) mass is 407 g/mol. The number of hydrogen-bond acceptors (Lipinski definition) is 4. The molecule has 0 spiro atoms. The third kappa shape index (κ3) is 5.47. The minimum Gasteiger partial charge on any atom is -0.399 e. The van der Waals surface area contributed by atoms with Crippen LogP contribution in [0.3, 0.4) is 0 Å². The van der Waals surface area contributed by atoms with E-state index in [4.69, 9.17) is 5.73 Å². The first-order chi connectivity index (χ1) is 12.6. The molecule has 146 valence electrons. The summed E-state index contributed by atoms with van der Waals surface area (Å²) in [6.45, 7) is 3.39. The Morgan fingerprint density at radius 3 is 2.70 bits per heavy atom. The van der Waals surface area contributed by atoms with Crippen molar-refractivity contribution in [1.82, 2.24) is 10.2 Å². The van der Waals surface area contributed by atoms with Crippen LogP contribution in [0.4, 0.5) is 5.69 Å². The average Bonchev–Trinajstić information content (AvgIpc) is 3.10. The maximum absolute atomic E-state index is 13.0. The summed E-state index contributed by atoms with van der Waals surface area (Å²) in [5.41, 5.74) is 8.47. The van der Waals surface area contributed by atoms with Crippen molar-refractivity contribution < 1.29 is 9.59 Å². The molecule has 0 saturated carbocycles. The number of nitrogens with two attached hydrogens (primary N) is 1. The Labute approximate surface area is 170 Å². The number of hydrogen-bond donors (Lipinski definition) is 2. The SMILES string of the molecule is CCCC(NC(=O)Cc1ccc(N)cc1)C(=O)N1CCc2sccc2C1.Cl. The van der Waals surface area contributed by atoms with E-state index in [2.05, 4.69) is 16.8 Å². The Morgan fingerprint density at radius 1 is 1.26 bits per heavy atom. The number of nitrogens with zero attached hydrogens (tertiary/aromatic N) is 1. The fraction of sp³-hybridized carbons (Fsp3) is 0.400. The minimum atomic E-state index is -0.457. The van der Waals surface area contributed by atoms with Crippen LogP contribution in [0.2, 0.25) is 0 Å². The van der Waals surface area contributed by atoms with Crippen LogP contribution in [-0.4, -0.2) is 29.3 Å². The lowest BCUT2D eigenvalue weighted by molar-refractivity contribution is -0.137. The van der Waals surface area contributed by atoms with Crippen LogP contribution in [0.5, 0.6) is 0 Å². The lowest BCUT2D eigenvalue weighted by Gasteiger charge is -2.31. The number of fused-ring (bicyclic) bond motifs is 1. The van der Waals surface area contributed by atoms with E-state index in [1.807, 2.05) is 24.0 Å². The number of carbonyl (C=O) groups excluding carboxylic acids is 2. The minimum absolute atomic E-state index is 0. The number of benzene rings is 1. The molecule has 3 rings (SSSR count). The third-order valence-corrected chi connectivity index (χ3v) is 5.70. The summed E-state index contributed by atoms with van der Waals surface area (Å²) in [4.78, 5) is 28.6. The molecular formula is C20H26ClN3O2S. The van der Waals surface area contributed by atoms with Crippen LogP contribution in [0.1, 0.15) is 35.8 Å². The van der Waals surface area contributed by atoms with Gasteiger partial charge in [0.15, 0.2) is 0 Å². The van der Waals surface area contributed by atoms with E-state index in [0.717, 1.165) is 24.9 Å². The summed E-state index contributed by atoms with van der Waals surface area (Å²) in [6, 6.07) is 8.88. The predicted octanol–water partition coefficient (Wildman–Crippen LogP) is 3.16. The highest BCUT2D eigenvalue weighted by molar-refractivity contribution is 7.10. The molecule has 0 radical (unpaired) electrons. The van der Waals surface area contributed by atoms with E-state index < -0.39 is 6.04 Å². The van der Waals surface area contributed by atoms with Gasteiger partial charge in [0.25, 0.3) is 0 Å². The summed E-state index contributed by atoms with van der Waals surface area (Å²) >= 11 is 1.75. The van der Waals surface area contributed by atoms with Crippen molar-refractivity contribution in [1.29, 1.82) is 0 Å². The lowest BCUT2D eigenvalue weighted by Crippen LogP contribution is -2.50. The number of carbonyl (C=O) groups is 2. The summed E-state index contributed by atoms with van der Waals surface area (Å²) in [5, 5.41) is 5.02. The molecule has 1 aliphatic heterocycles. The molecule has 0 saturated heterocycles. The van der Waals surface area contributed by atoms with E-state index in [1.54, 1.807) is 23.5 Å². The Kier molecular flexibility index (Phi) is 7.68. The van der Waals surface area contributed by atoms with Gasteiger partial charge in [0.05, 0.1) is 6.42 Å². The van der Waals surface area contributed by atoms with Crippen molar-refractivity contribution in [3.8, 4) is 0 Å². The van der Waals surface area contributed by atoms with Gasteiger partial charge in [0.1, 0.15) is 6.04 Å². The molecule has 1 aromatic heterocycles. The maximum Gasteiger partial charge on any atom is 0.245 e. The number of nitrogen functional groups attached to an aromatic ring is 1. The number of halogens is 1. The number of amides is 2. The van der Waals surface area contributed by atoms with Crippen LogP contribution >= 0.6 is 23.7 Å². The molecule has 0 fully saturated rings. The zero-order valence-corrected chi connectivity index (χ0v) is 17.1. The second-order valence-corrected chi connectivity index (χ2v) is 7.71. The highest BCUT2D eigenvalue weighted by Gasteiger charge is 2.28. The molecule has 27 heavy (non-hydrogen) atoms. The van der Waals surface area contributed by atoms with E-state index in [-0.39, 0.29) is 30.6 Å². The number of thiophene rings is 1. The van der Waals surface area contributed by atoms with E-state index in [1.165, 1.54) is 10.4 Å². The fourth-order valence-corrected chi connectivity index (χ4v) is 4.16. The van der Waals surface area contributed by atoms with Crippen molar-refractivity contribution in [2.24, 2.45) is 0 Å². The third-order valence-electron chi connectivity index (χ3n) is 4.67. The maximum atomic E-state index is 13.0. The fourth-order valence-electron chi connectivity index (χ4n) is 3.27. The molecule has 2 amide bonds. The molecule has 1 atom stereocenters. The molecule has 2 aromatic rings. The molecule has 7 heteroatoms. The topological polar surface area (TPSA) is 75.4 Å². The first-order valence-electron chi connectivity index (χ1n) is 9.04. The van der Waals surface area contributed by atoms with Crippen LogP contribution in [0, 0.1) is 0 Å². The Morgan fingerprint density at radius 2 is 2.00 bits per heavy atom. The van der Waals surface area contributed by atoms with Crippen molar-refractivity contribution in [2.75, 3.05) is 12.3 Å². The summed E-state index contributed by atoms with van der Waals surface area (Å²) < 4.78 is 0. The quantitative estimate of drug-likeness (QED) is 0.722. The molecule has 1 aliphatic rings. The standard InChI is InChI=1S/C20H25N3O2S.ClH/c1-2-3-17(22-19(24)12-14-4-6-16(21)7-5-14)20(25)23-10-8-18-15(13-23)9-11-26-18;/h4-7,9,11,17H,2-3,8,10,12-13,21H2,1H3,(H,22,24);1H. The molecule has 1 aromatic carbocycles. The lowest BCUT2D eigenvalue weighted by atomic mass is 10.1. The Balaban J connectivity index is 0.00000261. The van der Waals surface area contributed by atoms with Crippen LogP contribution < -0.4 is 11.1 Å². The first kappa shape index (κ1) is 21.3. The Bertz CT molecular complexity index is 776. The molecule has 0 aliphatic carbocycles. The molecule has 3 N–H and O–H groups in total. The number of nitrogens with one attached hydrogen (secondary N) is 1. The van der Waals surface area contributed by atoms with Crippen LogP contribution in [0.25, 0.3) is 0 Å². The first-order valence-corrected chi connectivity index (χ1v) is 9.92. The van der Waals surface area contributed by atoms with E-state index >= 15 is 0 Å². The molecule has 5 nitrogen and oxygen atoms in total. The van der Waals surface area contributed by atoms with E-state index in [0.29, 0.717) is 18.7 Å². The molecule has 1 unspecified atom stereocenters. The van der Waals surface area contributed by atoms with Crippen LogP contribution in [0.15, 0.2) is 35.7 Å². The van der Waals surface area contributed by atoms with Crippen molar-refractivity contribution >= 4 is 41.2 Å². The van der Waals surface area contributed by atoms with Crippen molar-refractivity contribution in [2.45, 2.75) is 45.2 Å². The van der Waals surface area contributed by atoms with Gasteiger partial charge in [-0.25, -0.2) is 0 Å². The van der Waals surface area contributed by atoms with E-state index in [9.17, 15) is 9.59 Å². The van der Waals surface area contributed by atoms with Gasteiger partial charge >= 0.3 is 0 Å². The van der Waals surface area contributed by atoms with Gasteiger partial charge in [-0.05, 0) is 47.5 Å². The summed E-state index contributed by atoms with van der Waals surface area (Å²) in [6.07, 6.45) is 2.65. The summed E-state index contributed by atoms with van der Waals surface area (Å²) in [7, 11) is 0. The van der Waals surface area contributed by atoms with Gasteiger partial charge in [-0.3, -0.25) is 9.59 Å². The van der Waals surface area contributed by atoms with Gasteiger partial charge in [0.2, 0.25) is 11.8 Å². The largest absolute Gasteiger partial charge is 0.399 e. The van der Waals surface area contributed by atoms with Gasteiger partial charge in [0, 0.05) is 23.7 Å². The van der Waals surface area contributed by atoms with Gasteiger partial charge < -0.3 is 16.0 Å². The zero-order valence-electron chi connectivity index (χ0n) is 15.4. The smallest absolute Gasteiger partial charge is 0.245 e. The van der Waals surface area contributed by atoms with Gasteiger partial charge in [-0.1, -0.05) is 25.5 Å². The van der Waals surface area contributed by atoms with Crippen molar-refractivity contribution in [3.63, 3.8) is 0 Å². The zero-order chi connectivity index (χ0) is 18.5. The van der Waals surface area contributed by atoms with Gasteiger partial charge in [-0.2, -0.15) is 0 Å². The summed E-state index contributed by atoms with van der Waals surface area (Å²) in [5.74, 6) is -0.107. The predicted molar refractivity (Wildman–Crippen MR) is 112 cm³/mol. The average molecular weight is 408 g/mol. The molecular weight excluding hydrogens is 382 g/mol. The highest BCUT2D eigenvalue weighted by atomic mass is 35.5. The molecule has 2 heterocycles. The normalized spacial score (nSPS) is 14.0. The number of rotatable bonds is 6. The highest BCUT2D eigenvalue weighted by Crippen LogP contribution is 2.24. The second kappa shape index (κ2) is 9.76. The Hall–Kier alpha value is -2.05.